The lowest BCUT2D eigenvalue weighted by atomic mass is 10.1. The van der Waals surface area contributed by atoms with E-state index < -0.39 is 0 Å². The van der Waals surface area contributed by atoms with Crippen molar-refractivity contribution in [1.29, 1.82) is 0 Å². The number of aromatic nitrogens is 3. The van der Waals surface area contributed by atoms with Crippen molar-refractivity contribution in [2.24, 2.45) is 0 Å². The number of hydrogen-bond acceptors (Lipinski definition) is 4. The number of amides is 1. The van der Waals surface area contributed by atoms with E-state index in [2.05, 4.69) is 36.4 Å². The standard InChI is InChI=1S/C13H13BrN4O/c1-7-6-10(4-5-11(7)14)12(19)16-13-15-8(2)9(3)17-18-13/h4-6H,1-3H3,(H,15,16,18,19). The number of anilines is 1. The lowest BCUT2D eigenvalue weighted by molar-refractivity contribution is 0.102. The maximum absolute atomic E-state index is 12.0. The Morgan fingerprint density at radius 1 is 1.16 bits per heavy atom. The summed E-state index contributed by atoms with van der Waals surface area (Å²) in [6.07, 6.45) is 0. The van der Waals surface area contributed by atoms with Gasteiger partial charge in [0.05, 0.1) is 11.4 Å². The number of hydrogen-bond donors (Lipinski definition) is 1. The molecule has 0 aliphatic heterocycles. The van der Waals surface area contributed by atoms with E-state index >= 15 is 0 Å². The monoisotopic (exact) mass is 320 g/mol. The average molecular weight is 321 g/mol. The lowest BCUT2D eigenvalue weighted by Crippen LogP contribution is -2.15. The highest BCUT2D eigenvalue weighted by Gasteiger charge is 2.10. The van der Waals surface area contributed by atoms with Crippen LogP contribution in [0.15, 0.2) is 22.7 Å². The van der Waals surface area contributed by atoms with Gasteiger partial charge in [0.25, 0.3) is 5.91 Å². The molecule has 0 bridgehead atoms. The largest absolute Gasteiger partial charge is 0.289 e. The minimum Gasteiger partial charge on any atom is -0.289 e. The van der Waals surface area contributed by atoms with Crippen LogP contribution >= 0.6 is 15.9 Å². The fourth-order valence-corrected chi connectivity index (χ4v) is 1.72. The first-order valence-electron chi connectivity index (χ1n) is 5.73. The molecule has 0 saturated carbocycles. The van der Waals surface area contributed by atoms with Crippen LogP contribution in [-0.4, -0.2) is 21.1 Å². The Morgan fingerprint density at radius 3 is 2.53 bits per heavy atom. The van der Waals surface area contributed by atoms with E-state index in [1.165, 1.54) is 0 Å². The highest BCUT2D eigenvalue weighted by Crippen LogP contribution is 2.17. The van der Waals surface area contributed by atoms with Crippen LogP contribution in [0.2, 0.25) is 0 Å². The number of nitrogens with zero attached hydrogens (tertiary/aromatic N) is 3. The Bertz CT molecular complexity index is 643. The van der Waals surface area contributed by atoms with Crippen molar-refractivity contribution < 1.29 is 4.79 Å². The smallest absolute Gasteiger partial charge is 0.258 e. The molecule has 0 radical (unpaired) electrons. The van der Waals surface area contributed by atoms with E-state index in [1.807, 2.05) is 26.8 Å². The molecule has 1 amide bonds. The van der Waals surface area contributed by atoms with Crippen LogP contribution in [0.3, 0.4) is 0 Å². The van der Waals surface area contributed by atoms with Crippen molar-refractivity contribution in [3.05, 3.63) is 45.2 Å². The van der Waals surface area contributed by atoms with Gasteiger partial charge < -0.3 is 0 Å². The summed E-state index contributed by atoms with van der Waals surface area (Å²) in [7, 11) is 0. The highest BCUT2D eigenvalue weighted by atomic mass is 79.9. The number of nitrogens with one attached hydrogen (secondary N) is 1. The second-order valence-corrected chi connectivity index (χ2v) is 5.08. The predicted molar refractivity (Wildman–Crippen MR) is 76.1 cm³/mol. The molecule has 98 valence electrons. The van der Waals surface area contributed by atoms with Crippen LogP contribution in [0, 0.1) is 20.8 Å². The third kappa shape index (κ3) is 3.14. The fourth-order valence-electron chi connectivity index (χ4n) is 1.47. The molecule has 19 heavy (non-hydrogen) atoms. The number of aryl methyl sites for hydroxylation is 3. The lowest BCUT2D eigenvalue weighted by Gasteiger charge is -2.06. The third-order valence-corrected chi connectivity index (χ3v) is 3.63. The number of halogens is 1. The molecular weight excluding hydrogens is 308 g/mol. The van der Waals surface area contributed by atoms with Gasteiger partial charge in [-0.15, -0.1) is 5.10 Å². The SMILES string of the molecule is Cc1cc(C(=O)Nc2nnc(C)c(C)n2)ccc1Br. The maximum Gasteiger partial charge on any atom is 0.258 e. The Morgan fingerprint density at radius 2 is 1.89 bits per heavy atom. The summed E-state index contributed by atoms with van der Waals surface area (Å²) in [5.74, 6) is -0.0330. The molecule has 1 heterocycles. The minimum atomic E-state index is -0.249. The zero-order valence-corrected chi connectivity index (χ0v) is 12.4. The number of carbonyl (C=O) groups is 1. The molecular formula is C13H13BrN4O. The van der Waals surface area contributed by atoms with Gasteiger partial charge in [-0.3, -0.25) is 10.1 Å². The van der Waals surface area contributed by atoms with E-state index in [0.717, 1.165) is 21.4 Å². The average Bonchev–Trinajstić information content (AvgIpc) is 2.37. The van der Waals surface area contributed by atoms with Crippen molar-refractivity contribution in [2.75, 3.05) is 5.32 Å². The zero-order chi connectivity index (χ0) is 14.0. The van der Waals surface area contributed by atoms with Crippen molar-refractivity contribution in [3.63, 3.8) is 0 Å². The maximum atomic E-state index is 12.0. The molecule has 2 rings (SSSR count). The second-order valence-electron chi connectivity index (χ2n) is 4.22. The van der Waals surface area contributed by atoms with Gasteiger partial charge in [0.2, 0.25) is 5.95 Å². The number of carbonyl (C=O) groups excluding carboxylic acids is 1. The quantitative estimate of drug-likeness (QED) is 0.923. The van der Waals surface area contributed by atoms with E-state index in [4.69, 9.17) is 0 Å². The number of rotatable bonds is 2. The Balaban J connectivity index is 2.20. The normalized spacial score (nSPS) is 10.3. The minimum absolute atomic E-state index is 0.216. The van der Waals surface area contributed by atoms with Gasteiger partial charge in [-0.05, 0) is 44.5 Å². The molecule has 1 aromatic carbocycles. The Kier molecular flexibility index (Phi) is 3.90. The molecule has 2 aromatic rings. The van der Waals surface area contributed by atoms with Crippen molar-refractivity contribution in [1.82, 2.24) is 15.2 Å². The van der Waals surface area contributed by atoms with E-state index in [9.17, 15) is 4.79 Å². The molecule has 0 unspecified atom stereocenters. The summed E-state index contributed by atoms with van der Waals surface area (Å²) in [6.45, 7) is 5.57. The van der Waals surface area contributed by atoms with Crippen LogP contribution < -0.4 is 5.32 Å². The van der Waals surface area contributed by atoms with Gasteiger partial charge in [-0.1, -0.05) is 15.9 Å². The van der Waals surface area contributed by atoms with Crippen LogP contribution in [0.4, 0.5) is 5.95 Å². The van der Waals surface area contributed by atoms with E-state index in [1.54, 1.807) is 12.1 Å². The molecule has 5 nitrogen and oxygen atoms in total. The van der Waals surface area contributed by atoms with Gasteiger partial charge in [-0.2, -0.15) is 5.10 Å². The van der Waals surface area contributed by atoms with Crippen molar-refractivity contribution in [3.8, 4) is 0 Å². The number of benzene rings is 1. The van der Waals surface area contributed by atoms with Crippen LogP contribution in [0.25, 0.3) is 0 Å². The van der Waals surface area contributed by atoms with Gasteiger partial charge in [0.1, 0.15) is 0 Å². The first-order chi connectivity index (χ1) is 8.97. The van der Waals surface area contributed by atoms with Crippen LogP contribution in [0.1, 0.15) is 27.3 Å². The van der Waals surface area contributed by atoms with Gasteiger partial charge in [0.15, 0.2) is 0 Å². The summed E-state index contributed by atoms with van der Waals surface area (Å²) in [6, 6.07) is 5.37. The molecule has 0 fully saturated rings. The Labute approximate surface area is 119 Å². The van der Waals surface area contributed by atoms with Gasteiger partial charge in [0, 0.05) is 10.0 Å². The summed E-state index contributed by atoms with van der Waals surface area (Å²) >= 11 is 3.40. The molecule has 0 saturated heterocycles. The molecule has 0 aliphatic carbocycles. The van der Waals surface area contributed by atoms with E-state index in [-0.39, 0.29) is 11.9 Å². The topological polar surface area (TPSA) is 67.8 Å². The fraction of sp³-hybridized carbons (Fsp3) is 0.231. The molecule has 0 atom stereocenters. The molecule has 0 aliphatic rings. The zero-order valence-electron chi connectivity index (χ0n) is 10.9. The molecule has 6 heteroatoms. The summed E-state index contributed by atoms with van der Waals surface area (Å²) in [4.78, 5) is 16.2. The van der Waals surface area contributed by atoms with Crippen molar-refractivity contribution in [2.45, 2.75) is 20.8 Å². The van der Waals surface area contributed by atoms with E-state index in [0.29, 0.717) is 5.56 Å². The van der Waals surface area contributed by atoms with Crippen molar-refractivity contribution >= 4 is 27.8 Å². The second kappa shape index (κ2) is 5.44. The Hall–Kier alpha value is -1.82. The predicted octanol–water partition coefficient (Wildman–Crippen LogP) is 2.81. The van der Waals surface area contributed by atoms with Gasteiger partial charge in [-0.25, -0.2) is 4.98 Å². The summed E-state index contributed by atoms with van der Waals surface area (Å²) < 4.78 is 0.966. The summed E-state index contributed by atoms with van der Waals surface area (Å²) in [5, 5.41) is 10.4. The molecule has 1 aromatic heterocycles. The summed E-state index contributed by atoms with van der Waals surface area (Å²) in [5.41, 5.74) is 3.05. The highest BCUT2D eigenvalue weighted by molar-refractivity contribution is 9.10. The molecule has 1 N–H and O–H groups in total. The van der Waals surface area contributed by atoms with Crippen LogP contribution in [-0.2, 0) is 0 Å². The molecule has 0 spiro atoms. The van der Waals surface area contributed by atoms with Gasteiger partial charge >= 0.3 is 0 Å². The third-order valence-electron chi connectivity index (χ3n) is 2.74. The first-order valence-corrected chi connectivity index (χ1v) is 6.52. The van der Waals surface area contributed by atoms with Crippen LogP contribution in [0.5, 0.6) is 0 Å². The first kappa shape index (κ1) is 13.6.